The summed E-state index contributed by atoms with van der Waals surface area (Å²) in [5.41, 5.74) is 2.91. The molecule has 2 rings (SSSR count). The minimum atomic E-state index is -3.55. The third-order valence-electron chi connectivity index (χ3n) is 3.07. The summed E-state index contributed by atoms with van der Waals surface area (Å²) in [5, 5.41) is 0. The third-order valence-corrected chi connectivity index (χ3v) is 5.77. The first-order valence-corrected chi connectivity index (χ1v) is 8.79. The van der Waals surface area contributed by atoms with E-state index in [0.29, 0.717) is 5.56 Å². The summed E-state index contributed by atoms with van der Waals surface area (Å²) in [5.74, 6) is -0.247. The summed E-state index contributed by atoms with van der Waals surface area (Å²) < 4.78 is 25.3. The van der Waals surface area contributed by atoms with Gasteiger partial charge in [0.1, 0.15) is 0 Å². The van der Waals surface area contributed by atoms with Crippen molar-refractivity contribution in [2.24, 2.45) is 0 Å². The average Bonchev–Trinajstić information content (AvgIpc) is 2.90. The molecular formula is C15H16N2O3S2. The summed E-state index contributed by atoms with van der Waals surface area (Å²) in [7, 11) is -0.639. The number of hydrogen-bond acceptors (Lipinski definition) is 5. The third kappa shape index (κ3) is 3.49. The molecule has 0 aliphatic rings. The Morgan fingerprint density at radius 1 is 1.32 bits per heavy atom. The van der Waals surface area contributed by atoms with Crippen LogP contribution in [-0.4, -0.2) is 37.6 Å². The van der Waals surface area contributed by atoms with Crippen molar-refractivity contribution in [2.45, 2.75) is 11.8 Å². The van der Waals surface area contributed by atoms with Crippen LogP contribution < -0.4 is 0 Å². The Kier molecular flexibility index (Phi) is 4.90. The molecule has 0 aliphatic heterocycles. The quantitative estimate of drug-likeness (QED) is 0.622. The van der Waals surface area contributed by atoms with Crippen LogP contribution in [0, 0.1) is 6.92 Å². The maximum Gasteiger partial charge on any atom is 0.242 e. The number of carbonyl (C=O) groups excluding carboxylic acids is 1. The van der Waals surface area contributed by atoms with E-state index in [1.165, 1.54) is 43.6 Å². The van der Waals surface area contributed by atoms with Crippen LogP contribution in [0.1, 0.15) is 20.9 Å². The number of sulfonamides is 1. The number of thiazole rings is 1. The largest absolute Gasteiger partial charge is 0.289 e. The van der Waals surface area contributed by atoms with Crippen molar-refractivity contribution in [1.82, 2.24) is 9.29 Å². The maximum atomic E-state index is 12.2. The first-order valence-electron chi connectivity index (χ1n) is 6.47. The van der Waals surface area contributed by atoms with Gasteiger partial charge in [-0.1, -0.05) is 12.1 Å². The molecule has 0 fully saturated rings. The van der Waals surface area contributed by atoms with Crippen molar-refractivity contribution in [3.05, 3.63) is 52.0 Å². The van der Waals surface area contributed by atoms with Gasteiger partial charge in [-0.05, 0) is 31.2 Å². The molecule has 0 radical (unpaired) electrons. The molecule has 0 unspecified atom stereocenters. The van der Waals surface area contributed by atoms with Crippen LogP contribution in [0.4, 0.5) is 0 Å². The zero-order valence-electron chi connectivity index (χ0n) is 12.5. The standard InChI is InChI=1S/C15H16N2O3S2/c1-11-15(21-10-16-11)8-7-14(18)12-5-4-6-13(9-12)22(19,20)17(2)3/h4-10H,1-3H3/b8-7+. The summed E-state index contributed by atoms with van der Waals surface area (Å²) in [4.78, 5) is 17.3. The van der Waals surface area contributed by atoms with Crippen LogP contribution >= 0.6 is 11.3 Å². The fraction of sp³-hybridized carbons (Fsp3) is 0.200. The molecule has 0 saturated carbocycles. The molecule has 0 N–H and O–H groups in total. The van der Waals surface area contributed by atoms with Gasteiger partial charge in [0.25, 0.3) is 0 Å². The minimum absolute atomic E-state index is 0.103. The normalized spacial score (nSPS) is 12.2. The van der Waals surface area contributed by atoms with Crippen LogP contribution in [0.3, 0.4) is 0 Å². The van der Waals surface area contributed by atoms with E-state index in [1.807, 2.05) is 6.92 Å². The van der Waals surface area contributed by atoms with E-state index in [0.717, 1.165) is 14.9 Å². The highest BCUT2D eigenvalue weighted by atomic mass is 32.2. The van der Waals surface area contributed by atoms with Gasteiger partial charge in [-0.2, -0.15) is 0 Å². The first-order chi connectivity index (χ1) is 10.3. The van der Waals surface area contributed by atoms with Crippen molar-refractivity contribution >= 4 is 33.2 Å². The molecule has 0 spiro atoms. The van der Waals surface area contributed by atoms with E-state index in [9.17, 15) is 13.2 Å². The molecule has 0 amide bonds. The molecule has 1 aromatic carbocycles. The first kappa shape index (κ1) is 16.5. The smallest absolute Gasteiger partial charge is 0.242 e. The number of rotatable bonds is 5. The molecule has 22 heavy (non-hydrogen) atoms. The van der Waals surface area contributed by atoms with Gasteiger partial charge in [0.2, 0.25) is 10.0 Å². The van der Waals surface area contributed by atoms with E-state index < -0.39 is 10.0 Å². The Morgan fingerprint density at radius 3 is 2.64 bits per heavy atom. The highest BCUT2D eigenvalue weighted by molar-refractivity contribution is 7.89. The van der Waals surface area contributed by atoms with Crippen LogP contribution in [0.2, 0.25) is 0 Å². The van der Waals surface area contributed by atoms with Gasteiger partial charge >= 0.3 is 0 Å². The maximum absolute atomic E-state index is 12.2. The lowest BCUT2D eigenvalue weighted by atomic mass is 10.1. The molecule has 116 valence electrons. The van der Waals surface area contributed by atoms with E-state index in [-0.39, 0.29) is 10.7 Å². The molecule has 1 aromatic heterocycles. The lowest BCUT2D eigenvalue weighted by Crippen LogP contribution is -2.22. The lowest BCUT2D eigenvalue weighted by molar-refractivity contribution is 0.104. The minimum Gasteiger partial charge on any atom is -0.289 e. The van der Waals surface area contributed by atoms with Gasteiger partial charge < -0.3 is 0 Å². The predicted octanol–water partition coefficient (Wildman–Crippen LogP) is 2.60. The number of benzene rings is 1. The fourth-order valence-corrected chi connectivity index (χ4v) is 3.38. The molecule has 0 aliphatic carbocycles. The number of nitrogens with zero attached hydrogens (tertiary/aromatic N) is 2. The molecule has 2 aromatic rings. The number of hydrogen-bond donors (Lipinski definition) is 0. The molecule has 1 heterocycles. The highest BCUT2D eigenvalue weighted by Crippen LogP contribution is 2.17. The van der Waals surface area contributed by atoms with Gasteiger partial charge in [0.05, 0.1) is 16.1 Å². The number of ketones is 1. The second kappa shape index (κ2) is 6.51. The van der Waals surface area contributed by atoms with Crippen LogP contribution in [0.25, 0.3) is 6.08 Å². The van der Waals surface area contributed by atoms with Gasteiger partial charge in [-0.15, -0.1) is 11.3 Å². The van der Waals surface area contributed by atoms with Crippen molar-refractivity contribution in [3.63, 3.8) is 0 Å². The molecule has 7 heteroatoms. The number of carbonyl (C=O) groups is 1. The second-order valence-electron chi connectivity index (χ2n) is 4.81. The predicted molar refractivity (Wildman–Crippen MR) is 87.5 cm³/mol. The van der Waals surface area contributed by atoms with Crippen molar-refractivity contribution in [2.75, 3.05) is 14.1 Å². The molecule has 0 saturated heterocycles. The summed E-state index contributed by atoms with van der Waals surface area (Å²) >= 11 is 1.45. The van der Waals surface area contributed by atoms with Crippen LogP contribution in [0.15, 0.2) is 40.7 Å². The van der Waals surface area contributed by atoms with Crippen molar-refractivity contribution in [3.8, 4) is 0 Å². The number of allylic oxidation sites excluding steroid dienone is 1. The summed E-state index contributed by atoms with van der Waals surface area (Å²) in [6, 6.07) is 6.03. The Morgan fingerprint density at radius 2 is 2.05 bits per heavy atom. The Hall–Kier alpha value is -1.83. The topological polar surface area (TPSA) is 67.3 Å². The van der Waals surface area contributed by atoms with Gasteiger partial charge in [-0.25, -0.2) is 17.7 Å². The Bertz CT molecular complexity index is 821. The SMILES string of the molecule is Cc1ncsc1/C=C/C(=O)c1cccc(S(=O)(=O)N(C)C)c1. The lowest BCUT2D eigenvalue weighted by Gasteiger charge is -2.11. The number of aryl methyl sites for hydroxylation is 1. The van der Waals surface area contributed by atoms with E-state index in [4.69, 9.17) is 0 Å². The monoisotopic (exact) mass is 336 g/mol. The summed E-state index contributed by atoms with van der Waals surface area (Å²) in [6.45, 7) is 1.87. The average molecular weight is 336 g/mol. The second-order valence-corrected chi connectivity index (χ2v) is 7.85. The van der Waals surface area contributed by atoms with Gasteiger partial charge in [0, 0.05) is 24.5 Å². The molecule has 0 atom stereocenters. The zero-order valence-corrected chi connectivity index (χ0v) is 14.1. The number of aromatic nitrogens is 1. The van der Waals surface area contributed by atoms with E-state index >= 15 is 0 Å². The zero-order chi connectivity index (χ0) is 16.3. The highest BCUT2D eigenvalue weighted by Gasteiger charge is 2.18. The fourth-order valence-electron chi connectivity index (χ4n) is 1.74. The van der Waals surface area contributed by atoms with E-state index in [1.54, 1.807) is 23.7 Å². The van der Waals surface area contributed by atoms with Gasteiger partial charge in [0.15, 0.2) is 5.78 Å². The van der Waals surface area contributed by atoms with Crippen molar-refractivity contribution < 1.29 is 13.2 Å². The molecule has 5 nitrogen and oxygen atoms in total. The molecule has 0 bridgehead atoms. The summed E-state index contributed by atoms with van der Waals surface area (Å²) in [6.07, 6.45) is 3.13. The Balaban J connectivity index is 2.29. The van der Waals surface area contributed by atoms with E-state index in [2.05, 4.69) is 4.98 Å². The van der Waals surface area contributed by atoms with Crippen LogP contribution in [0.5, 0.6) is 0 Å². The van der Waals surface area contributed by atoms with Crippen molar-refractivity contribution in [1.29, 1.82) is 0 Å². The van der Waals surface area contributed by atoms with Crippen LogP contribution in [-0.2, 0) is 10.0 Å². The Labute approximate surface area is 134 Å². The van der Waals surface area contributed by atoms with Gasteiger partial charge in [-0.3, -0.25) is 4.79 Å². The molecular weight excluding hydrogens is 320 g/mol.